The summed E-state index contributed by atoms with van der Waals surface area (Å²) in [5.41, 5.74) is 4.30. The maximum Gasteiger partial charge on any atom is 0.269 e. The summed E-state index contributed by atoms with van der Waals surface area (Å²) in [7, 11) is 0. The van der Waals surface area contributed by atoms with Crippen LogP contribution in [0.2, 0.25) is 0 Å². The first kappa shape index (κ1) is 19.7. The highest BCUT2D eigenvalue weighted by molar-refractivity contribution is 7.22. The zero-order valence-corrected chi connectivity index (χ0v) is 17.2. The van der Waals surface area contributed by atoms with E-state index in [1.54, 1.807) is 17.3 Å². The number of aromatic nitrogens is 2. The molecule has 0 fully saturated rings. The Morgan fingerprint density at radius 1 is 1.13 bits per heavy atom. The van der Waals surface area contributed by atoms with Gasteiger partial charge < -0.3 is 0 Å². The normalized spacial score (nSPS) is 10.9. The second-order valence-corrected chi connectivity index (χ2v) is 7.97. The van der Waals surface area contributed by atoms with Crippen LogP contribution in [0.25, 0.3) is 10.2 Å². The summed E-state index contributed by atoms with van der Waals surface area (Å²) in [6, 6.07) is 13.4. The van der Waals surface area contributed by atoms with Crippen molar-refractivity contribution in [1.82, 2.24) is 9.97 Å². The van der Waals surface area contributed by atoms with E-state index >= 15 is 0 Å². The first-order chi connectivity index (χ1) is 14.4. The summed E-state index contributed by atoms with van der Waals surface area (Å²) < 4.78 is 1.00. The first-order valence-corrected chi connectivity index (χ1v) is 10.1. The van der Waals surface area contributed by atoms with E-state index in [1.165, 1.54) is 41.2 Å². The monoisotopic (exact) mass is 418 g/mol. The summed E-state index contributed by atoms with van der Waals surface area (Å²) in [5.74, 6) is -0.277. The van der Waals surface area contributed by atoms with Crippen molar-refractivity contribution in [3.05, 3.63) is 93.3 Å². The largest absolute Gasteiger partial charge is 0.279 e. The number of thiazole rings is 1. The number of nitro benzene ring substituents is 1. The maximum atomic E-state index is 13.3. The van der Waals surface area contributed by atoms with Crippen LogP contribution < -0.4 is 4.90 Å². The van der Waals surface area contributed by atoms with Gasteiger partial charge in [-0.1, -0.05) is 17.4 Å². The number of aryl methyl sites for hydroxylation is 2. The molecule has 0 aliphatic carbocycles. The van der Waals surface area contributed by atoms with Gasteiger partial charge in [-0.05, 0) is 60.9 Å². The fraction of sp³-hybridized carbons (Fsp3) is 0.136. The molecular weight excluding hydrogens is 400 g/mol. The van der Waals surface area contributed by atoms with Crippen LogP contribution in [0.4, 0.5) is 10.8 Å². The molecule has 8 heteroatoms. The van der Waals surface area contributed by atoms with Gasteiger partial charge in [0.05, 0.1) is 21.7 Å². The Hall–Kier alpha value is -3.65. The Morgan fingerprint density at radius 3 is 2.53 bits per heavy atom. The van der Waals surface area contributed by atoms with E-state index in [-0.39, 0.29) is 11.6 Å². The molecule has 0 bridgehead atoms. The Kier molecular flexibility index (Phi) is 5.24. The van der Waals surface area contributed by atoms with Crippen LogP contribution in [0, 0.1) is 24.0 Å². The smallest absolute Gasteiger partial charge is 0.269 e. The molecule has 4 rings (SSSR count). The number of hydrogen-bond donors (Lipinski definition) is 0. The number of carbonyl (C=O) groups excluding carboxylic acids is 1. The van der Waals surface area contributed by atoms with Gasteiger partial charge in [-0.25, -0.2) is 4.98 Å². The summed E-state index contributed by atoms with van der Waals surface area (Å²) in [6.07, 6.45) is 3.38. The van der Waals surface area contributed by atoms with Crippen LogP contribution in [0.3, 0.4) is 0 Å². The standard InChI is InChI=1S/C22H18N4O3S/c1-14-10-19-20(11-15(14)2)30-22(24-19)25(13-16-4-3-9-23-12-16)21(27)17-5-7-18(8-6-17)26(28)29/h3-12H,13H2,1-2H3. The van der Waals surface area contributed by atoms with Crippen molar-refractivity contribution in [2.75, 3.05) is 4.90 Å². The molecular formula is C22H18N4O3S. The third-order valence-electron chi connectivity index (χ3n) is 4.86. The second kappa shape index (κ2) is 8.00. The summed E-state index contributed by atoms with van der Waals surface area (Å²) >= 11 is 1.44. The average molecular weight is 418 g/mol. The molecule has 0 aliphatic heterocycles. The molecule has 2 heterocycles. The Balaban J connectivity index is 1.76. The lowest BCUT2D eigenvalue weighted by Crippen LogP contribution is -2.30. The van der Waals surface area contributed by atoms with Gasteiger partial charge in [0.2, 0.25) is 0 Å². The molecule has 0 aliphatic rings. The van der Waals surface area contributed by atoms with Crippen LogP contribution >= 0.6 is 11.3 Å². The minimum Gasteiger partial charge on any atom is -0.279 e. The number of amides is 1. The quantitative estimate of drug-likeness (QED) is 0.334. The minimum absolute atomic E-state index is 0.0590. The van der Waals surface area contributed by atoms with E-state index in [0.717, 1.165) is 21.3 Å². The number of anilines is 1. The maximum absolute atomic E-state index is 13.3. The molecule has 0 radical (unpaired) electrons. The lowest BCUT2D eigenvalue weighted by Gasteiger charge is -2.20. The Bertz CT molecular complexity index is 1200. The molecule has 1 amide bonds. The molecule has 0 saturated heterocycles. The lowest BCUT2D eigenvalue weighted by molar-refractivity contribution is -0.384. The van der Waals surface area contributed by atoms with E-state index in [0.29, 0.717) is 17.2 Å². The number of rotatable bonds is 5. The molecule has 2 aromatic carbocycles. The van der Waals surface area contributed by atoms with Crippen molar-refractivity contribution in [1.29, 1.82) is 0 Å². The molecule has 0 saturated carbocycles. The van der Waals surface area contributed by atoms with E-state index < -0.39 is 4.92 Å². The van der Waals surface area contributed by atoms with Crippen molar-refractivity contribution < 1.29 is 9.72 Å². The Morgan fingerprint density at radius 2 is 1.87 bits per heavy atom. The fourth-order valence-electron chi connectivity index (χ4n) is 3.07. The number of fused-ring (bicyclic) bond motifs is 1. The molecule has 2 aromatic heterocycles. The molecule has 150 valence electrons. The summed E-state index contributed by atoms with van der Waals surface area (Å²) in [6.45, 7) is 4.37. The number of nitrogens with zero attached hydrogens (tertiary/aromatic N) is 4. The van der Waals surface area contributed by atoms with E-state index in [2.05, 4.69) is 11.1 Å². The number of benzene rings is 2. The number of non-ortho nitro benzene ring substituents is 1. The highest BCUT2D eigenvalue weighted by Crippen LogP contribution is 2.32. The SMILES string of the molecule is Cc1cc2nc(N(Cc3cccnc3)C(=O)c3ccc([N+](=O)[O-])cc3)sc2cc1C. The van der Waals surface area contributed by atoms with Crippen molar-refractivity contribution in [3.63, 3.8) is 0 Å². The van der Waals surface area contributed by atoms with Crippen LogP contribution in [0.5, 0.6) is 0 Å². The van der Waals surface area contributed by atoms with Crippen LogP contribution in [-0.4, -0.2) is 20.8 Å². The summed E-state index contributed by atoms with van der Waals surface area (Å²) in [5, 5.41) is 11.5. The van der Waals surface area contributed by atoms with E-state index in [1.807, 2.05) is 32.0 Å². The number of hydrogen-bond acceptors (Lipinski definition) is 6. The third kappa shape index (κ3) is 3.90. The van der Waals surface area contributed by atoms with Gasteiger partial charge in [0, 0.05) is 30.1 Å². The van der Waals surface area contributed by atoms with Crippen molar-refractivity contribution in [3.8, 4) is 0 Å². The molecule has 0 unspecified atom stereocenters. The van der Waals surface area contributed by atoms with Gasteiger partial charge in [-0.2, -0.15) is 0 Å². The van der Waals surface area contributed by atoms with Gasteiger partial charge in [0.25, 0.3) is 11.6 Å². The summed E-state index contributed by atoms with van der Waals surface area (Å²) in [4.78, 5) is 34.2. The van der Waals surface area contributed by atoms with E-state index in [4.69, 9.17) is 4.98 Å². The van der Waals surface area contributed by atoms with Gasteiger partial charge in [-0.3, -0.25) is 24.8 Å². The lowest BCUT2D eigenvalue weighted by atomic mass is 10.1. The van der Waals surface area contributed by atoms with Crippen LogP contribution in [0.15, 0.2) is 60.9 Å². The fourth-order valence-corrected chi connectivity index (χ4v) is 4.11. The molecule has 0 N–H and O–H groups in total. The first-order valence-electron chi connectivity index (χ1n) is 9.25. The third-order valence-corrected chi connectivity index (χ3v) is 5.90. The molecule has 0 spiro atoms. The van der Waals surface area contributed by atoms with E-state index in [9.17, 15) is 14.9 Å². The van der Waals surface area contributed by atoms with Gasteiger partial charge >= 0.3 is 0 Å². The van der Waals surface area contributed by atoms with Gasteiger partial charge in [0.1, 0.15) is 0 Å². The number of carbonyl (C=O) groups is 1. The van der Waals surface area contributed by atoms with Crippen LogP contribution in [-0.2, 0) is 6.54 Å². The molecule has 7 nitrogen and oxygen atoms in total. The Labute approximate surface area is 176 Å². The van der Waals surface area contributed by atoms with Gasteiger partial charge in [-0.15, -0.1) is 0 Å². The second-order valence-electron chi connectivity index (χ2n) is 6.96. The highest BCUT2D eigenvalue weighted by atomic mass is 32.1. The zero-order valence-electron chi connectivity index (χ0n) is 16.4. The highest BCUT2D eigenvalue weighted by Gasteiger charge is 2.23. The number of pyridine rings is 1. The number of nitro groups is 1. The molecule has 4 aromatic rings. The van der Waals surface area contributed by atoms with Crippen molar-refractivity contribution >= 4 is 38.3 Å². The zero-order chi connectivity index (χ0) is 21.3. The predicted octanol–water partition coefficient (Wildman–Crippen LogP) is 5.06. The topological polar surface area (TPSA) is 89.2 Å². The average Bonchev–Trinajstić information content (AvgIpc) is 3.15. The molecule has 0 atom stereocenters. The van der Waals surface area contributed by atoms with Crippen molar-refractivity contribution in [2.45, 2.75) is 20.4 Å². The van der Waals surface area contributed by atoms with Crippen molar-refractivity contribution in [2.24, 2.45) is 0 Å². The van der Waals surface area contributed by atoms with Gasteiger partial charge in [0.15, 0.2) is 5.13 Å². The minimum atomic E-state index is -0.486. The van der Waals surface area contributed by atoms with Crippen LogP contribution in [0.1, 0.15) is 27.0 Å². The molecule has 30 heavy (non-hydrogen) atoms. The predicted molar refractivity (Wildman–Crippen MR) is 117 cm³/mol.